The molecule has 1 amide bonds. The van der Waals surface area contributed by atoms with Crippen molar-refractivity contribution >= 4 is 11.6 Å². The molecule has 0 aliphatic carbocycles. The van der Waals surface area contributed by atoms with Gasteiger partial charge in [-0.1, -0.05) is 6.07 Å². The molecule has 4 aromatic rings. The van der Waals surface area contributed by atoms with Gasteiger partial charge >= 0.3 is 6.18 Å². The zero-order valence-corrected chi connectivity index (χ0v) is 19.8. The Hall–Kier alpha value is -4.55. The minimum atomic E-state index is -4.50. The van der Waals surface area contributed by atoms with Gasteiger partial charge in [0.05, 0.1) is 31.9 Å². The van der Waals surface area contributed by atoms with Crippen molar-refractivity contribution in [1.29, 1.82) is 0 Å². The van der Waals surface area contributed by atoms with Crippen LogP contribution in [-0.2, 0) is 11.0 Å². The average Bonchev–Trinajstić information content (AvgIpc) is 3.32. The summed E-state index contributed by atoms with van der Waals surface area (Å²) in [5, 5.41) is 15.3. The summed E-state index contributed by atoms with van der Waals surface area (Å²) >= 11 is 0. The lowest BCUT2D eigenvalue weighted by Gasteiger charge is -2.11. The predicted octanol–water partition coefficient (Wildman–Crippen LogP) is 3.40. The highest BCUT2D eigenvalue weighted by Gasteiger charge is 2.30. The highest BCUT2D eigenvalue weighted by molar-refractivity contribution is 5.77. The van der Waals surface area contributed by atoms with Crippen LogP contribution in [0.2, 0.25) is 0 Å². The maximum atomic E-state index is 12.8. The molecule has 1 N–H and O–H groups in total. The van der Waals surface area contributed by atoms with Crippen molar-refractivity contribution in [2.75, 3.05) is 34.0 Å². The van der Waals surface area contributed by atoms with Crippen LogP contribution in [0.5, 0.6) is 23.1 Å². The molecule has 4 rings (SSSR count). The number of hydrogen-bond donors (Lipinski definition) is 1. The van der Waals surface area contributed by atoms with Gasteiger partial charge in [0.2, 0.25) is 5.88 Å². The van der Waals surface area contributed by atoms with Crippen LogP contribution in [0.1, 0.15) is 5.56 Å². The number of aromatic nitrogens is 4. The normalized spacial score (nSPS) is 11.3. The first kappa shape index (κ1) is 25.5. The first-order chi connectivity index (χ1) is 17.8. The molecule has 0 spiro atoms. The first-order valence-corrected chi connectivity index (χ1v) is 10.9. The van der Waals surface area contributed by atoms with E-state index in [1.165, 1.54) is 23.8 Å². The van der Waals surface area contributed by atoms with Crippen LogP contribution in [0.3, 0.4) is 0 Å². The summed E-state index contributed by atoms with van der Waals surface area (Å²) in [7, 11) is 3.09. The topological polar surface area (TPSA) is 109 Å². The molecule has 0 aliphatic heterocycles. The predicted molar refractivity (Wildman–Crippen MR) is 125 cm³/mol. The molecule has 0 aliphatic rings. The molecule has 13 heteroatoms. The van der Waals surface area contributed by atoms with Crippen molar-refractivity contribution in [3.63, 3.8) is 0 Å². The number of halogens is 3. The quantitative estimate of drug-likeness (QED) is 0.319. The van der Waals surface area contributed by atoms with E-state index in [2.05, 4.69) is 20.6 Å². The smallest absolute Gasteiger partial charge is 0.416 e. The summed E-state index contributed by atoms with van der Waals surface area (Å²) in [6.45, 7) is -0.255. The number of rotatable bonds is 10. The van der Waals surface area contributed by atoms with Crippen LogP contribution in [-0.4, -0.2) is 59.7 Å². The summed E-state index contributed by atoms with van der Waals surface area (Å²) in [6, 6.07) is 12.8. The molecule has 0 radical (unpaired) electrons. The fourth-order valence-corrected chi connectivity index (χ4v) is 3.31. The van der Waals surface area contributed by atoms with Crippen LogP contribution in [0.4, 0.5) is 13.2 Å². The van der Waals surface area contributed by atoms with E-state index in [1.807, 2.05) is 0 Å². The molecular weight excluding hydrogens is 495 g/mol. The van der Waals surface area contributed by atoms with Gasteiger partial charge in [-0.15, -0.1) is 15.3 Å². The van der Waals surface area contributed by atoms with E-state index in [-0.39, 0.29) is 24.8 Å². The van der Waals surface area contributed by atoms with Gasteiger partial charge in [-0.05, 0) is 42.5 Å². The molecule has 2 aromatic heterocycles. The Morgan fingerprint density at radius 3 is 2.57 bits per heavy atom. The number of amides is 1. The zero-order chi connectivity index (χ0) is 26.4. The Bertz CT molecular complexity index is 1390. The summed E-state index contributed by atoms with van der Waals surface area (Å²) in [6.07, 6.45) is -4.50. The van der Waals surface area contributed by atoms with Gasteiger partial charge in [0.25, 0.3) is 5.91 Å². The minimum absolute atomic E-state index is 0.0591. The van der Waals surface area contributed by atoms with Crippen molar-refractivity contribution in [2.24, 2.45) is 0 Å². The highest BCUT2D eigenvalue weighted by Crippen LogP contribution is 2.33. The van der Waals surface area contributed by atoms with Crippen LogP contribution in [0.15, 0.2) is 54.6 Å². The Balaban J connectivity index is 1.33. The fourth-order valence-electron chi connectivity index (χ4n) is 3.31. The van der Waals surface area contributed by atoms with Gasteiger partial charge in [-0.25, -0.2) is 0 Å². The number of carbonyl (C=O) groups excluding carboxylic acids is 1. The van der Waals surface area contributed by atoms with Crippen molar-refractivity contribution in [2.45, 2.75) is 6.18 Å². The van der Waals surface area contributed by atoms with Crippen molar-refractivity contribution in [3.05, 3.63) is 60.2 Å². The molecular formula is C24H22F3N5O5. The zero-order valence-electron chi connectivity index (χ0n) is 19.8. The van der Waals surface area contributed by atoms with Gasteiger partial charge in [-0.3, -0.25) is 4.79 Å². The lowest BCUT2D eigenvalue weighted by molar-refractivity contribution is -0.137. The monoisotopic (exact) mass is 517 g/mol. The maximum Gasteiger partial charge on any atom is 0.416 e. The third-order valence-corrected chi connectivity index (χ3v) is 5.09. The third-order valence-electron chi connectivity index (χ3n) is 5.09. The molecule has 0 saturated heterocycles. The molecule has 0 unspecified atom stereocenters. The number of nitrogens with zero attached hydrogens (tertiary/aromatic N) is 4. The number of alkyl halides is 3. The standard InChI is InChI=1S/C24H22F3N5O5/c1-34-16-6-7-19(35-2)18(13-16)23-30-29-20-8-9-22(31-32(20)23)36-11-10-28-21(33)14-37-17-5-3-4-15(12-17)24(25,26)27/h3-9,12-13H,10-11,14H2,1-2H3,(H,28,33). The Kier molecular flexibility index (Phi) is 7.60. The number of hydrogen-bond acceptors (Lipinski definition) is 8. The van der Waals surface area contributed by atoms with Crippen LogP contribution >= 0.6 is 0 Å². The van der Waals surface area contributed by atoms with Gasteiger partial charge in [-0.2, -0.15) is 17.7 Å². The number of methoxy groups -OCH3 is 2. The van der Waals surface area contributed by atoms with Gasteiger partial charge in [0.15, 0.2) is 18.1 Å². The van der Waals surface area contributed by atoms with Gasteiger partial charge < -0.3 is 24.3 Å². The van der Waals surface area contributed by atoms with E-state index in [1.54, 1.807) is 37.4 Å². The largest absolute Gasteiger partial charge is 0.497 e. The van der Waals surface area contributed by atoms with Crippen molar-refractivity contribution in [1.82, 2.24) is 25.1 Å². The summed E-state index contributed by atoms with van der Waals surface area (Å²) in [5.74, 6) is 1.25. The fraction of sp³-hybridized carbons (Fsp3) is 0.250. The van der Waals surface area contributed by atoms with Crippen LogP contribution in [0.25, 0.3) is 17.0 Å². The summed E-state index contributed by atoms with van der Waals surface area (Å²) in [4.78, 5) is 12.0. The molecule has 0 fully saturated rings. The third kappa shape index (κ3) is 6.18. The lowest BCUT2D eigenvalue weighted by atomic mass is 10.2. The van der Waals surface area contributed by atoms with Crippen LogP contribution < -0.4 is 24.3 Å². The highest BCUT2D eigenvalue weighted by atomic mass is 19.4. The van der Waals surface area contributed by atoms with Gasteiger partial charge in [0.1, 0.15) is 23.9 Å². The van der Waals surface area contributed by atoms with E-state index in [0.717, 1.165) is 12.1 Å². The van der Waals surface area contributed by atoms with E-state index in [4.69, 9.17) is 18.9 Å². The number of carbonyl (C=O) groups is 1. The van der Waals surface area contributed by atoms with Gasteiger partial charge in [0, 0.05) is 6.07 Å². The molecule has 0 bridgehead atoms. The lowest BCUT2D eigenvalue weighted by Crippen LogP contribution is -2.32. The average molecular weight is 517 g/mol. The van der Waals surface area contributed by atoms with Crippen molar-refractivity contribution < 1.29 is 36.9 Å². The molecule has 0 atom stereocenters. The number of ether oxygens (including phenoxy) is 4. The Morgan fingerprint density at radius 2 is 1.81 bits per heavy atom. The van der Waals surface area contributed by atoms with Crippen LogP contribution in [0, 0.1) is 0 Å². The molecule has 37 heavy (non-hydrogen) atoms. The van der Waals surface area contributed by atoms with E-state index in [9.17, 15) is 18.0 Å². The summed E-state index contributed by atoms with van der Waals surface area (Å²) < 4.78 is 61.3. The number of nitrogens with one attached hydrogen (secondary N) is 1. The van der Waals surface area contributed by atoms with Crippen molar-refractivity contribution in [3.8, 4) is 34.5 Å². The minimum Gasteiger partial charge on any atom is -0.497 e. The second-order valence-corrected chi connectivity index (χ2v) is 7.54. The second kappa shape index (κ2) is 11.0. The molecule has 194 valence electrons. The first-order valence-electron chi connectivity index (χ1n) is 10.9. The summed E-state index contributed by atoms with van der Waals surface area (Å²) in [5.41, 5.74) is 0.240. The van der Waals surface area contributed by atoms with E-state index < -0.39 is 24.3 Å². The Labute approximate surface area is 208 Å². The Morgan fingerprint density at radius 1 is 0.973 bits per heavy atom. The number of fused-ring (bicyclic) bond motifs is 1. The SMILES string of the molecule is COc1ccc(OC)c(-c2nnc3ccc(OCCNC(=O)COc4cccc(C(F)(F)F)c4)nn23)c1. The molecule has 2 aromatic carbocycles. The molecule has 0 saturated carbocycles. The second-order valence-electron chi connectivity index (χ2n) is 7.54. The van der Waals surface area contributed by atoms with E-state index in [0.29, 0.717) is 28.5 Å². The number of benzene rings is 2. The maximum absolute atomic E-state index is 12.8. The van der Waals surface area contributed by atoms with E-state index >= 15 is 0 Å². The molecule has 10 nitrogen and oxygen atoms in total. The molecule has 2 heterocycles.